The van der Waals surface area contributed by atoms with Crippen LogP contribution >= 0.6 is 24.0 Å². The Morgan fingerprint density at radius 3 is 2.79 bits per heavy atom. The van der Waals surface area contributed by atoms with Crippen molar-refractivity contribution < 1.29 is 14.0 Å². The number of rotatable bonds is 7. The molecule has 0 bridgehead atoms. The van der Waals surface area contributed by atoms with Crippen LogP contribution in [0.3, 0.4) is 0 Å². The maximum Gasteiger partial charge on any atom is 0.242 e. The Morgan fingerprint density at radius 1 is 1.21 bits per heavy atom. The van der Waals surface area contributed by atoms with E-state index in [-0.39, 0.29) is 48.3 Å². The van der Waals surface area contributed by atoms with Crippen LogP contribution in [0, 0.1) is 0 Å². The lowest BCUT2D eigenvalue weighted by Crippen LogP contribution is -2.41. The van der Waals surface area contributed by atoms with E-state index in [1.54, 1.807) is 18.4 Å². The Morgan fingerprint density at radius 2 is 2.03 bits per heavy atom. The van der Waals surface area contributed by atoms with E-state index >= 15 is 0 Å². The first kappa shape index (κ1) is 22.7. The number of para-hydroxylation sites is 1. The summed E-state index contributed by atoms with van der Waals surface area (Å²) in [6, 6.07) is 11.4. The number of guanidine groups is 1. The Kier molecular flexibility index (Phi) is 8.97. The number of carbonyl (C=O) groups excluding carboxylic acids is 2. The molecule has 0 saturated carbocycles. The third-order valence-electron chi connectivity index (χ3n) is 4.39. The van der Waals surface area contributed by atoms with Gasteiger partial charge in [-0.25, -0.2) is 4.99 Å². The number of hydrogen-bond donors (Lipinski definition) is 4. The van der Waals surface area contributed by atoms with Crippen molar-refractivity contribution in [2.45, 2.75) is 25.8 Å². The maximum absolute atomic E-state index is 12.0. The van der Waals surface area contributed by atoms with Gasteiger partial charge in [-0.05, 0) is 30.7 Å². The molecule has 1 aliphatic rings. The van der Waals surface area contributed by atoms with Crippen LogP contribution in [0.25, 0.3) is 0 Å². The Balaban J connectivity index is 0.00000300. The number of amides is 2. The maximum atomic E-state index is 12.0. The highest BCUT2D eigenvalue weighted by molar-refractivity contribution is 14.0. The molecule has 0 spiro atoms. The van der Waals surface area contributed by atoms with Gasteiger partial charge in [0.1, 0.15) is 12.3 Å². The molecule has 1 unspecified atom stereocenters. The number of halogens is 1. The first-order valence-corrected chi connectivity index (χ1v) is 9.35. The fourth-order valence-corrected chi connectivity index (χ4v) is 3.05. The first-order chi connectivity index (χ1) is 13.7. The summed E-state index contributed by atoms with van der Waals surface area (Å²) in [5.41, 5.74) is 1.95. The summed E-state index contributed by atoms with van der Waals surface area (Å²) in [5.74, 6) is 1.08. The van der Waals surface area contributed by atoms with Crippen molar-refractivity contribution in [3.8, 4) is 0 Å². The van der Waals surface area contributed by atoms with Gasteiger partial charge in [0, 0.05) is 31.1 Å². The van der Waals surface area contributed by atoms with Gasteiger partial charge in [0.25, 0.3) is 0 Å². The lowest BCUT2D eigenvalue weighted by molar-refractivity contribution is -0.120. The molecule has 0 aliphatic carbocycles. The normalized spacial score (nSPS) is 15.6. The molecule has 29 heavy (non-hydrogen) atoms. The minimum absolute atomic E-state index is 0. The van der Waals surface area contributed by atoms with E-state index in [9.17, 15) is 9.59 Å². The molecule has 2 heterocycles. The number of nitrogens with zero attached hydrogens (tertiary/aromatic N) is 1. The molecule has 1 aromatic carbocycles. The summed E-state index contributed by atoms with van der Waals surface area (Å²) in [7, 11) is 0. The molecule has 1 aromatic heterocycles. The zero-order chi connectivity index (χ0) is 19.8. The van der Waals surface area contributed by atoms with Crippen molar-refractivity contribution in [3.05, 3.63) is 54.0 Å². The van der Waals surface area contributed by atoms with Crippen molar-refractivity contribution >= 4 is 47.4 Å². The molecule has 156 valence electrons. The molecule has 0 radical (unpaired) electrons. The highest BCUT2D eigenvalue weighted by atomic mass is 127. The third kappa shape index (κ3) is 6.77. The molecular weight excluding hydrogens is 485 g/mol. The van der Waals surface area contributed by atoms with Crippen molar-refractivity contribution in [1.29, 1.82) is 0 Å². The zero-order valence-electron chi connectivity index (χ0n) is 16.2. The average molecular weight is 511 g/mol. The second-order valence-corrected chi connectivity index (χ2v) is 6.47. The van der Waals surface area contributed by atoms with Crippen LogP contribution in [0.4, 0.5) is 5.69 Å². The topological polar surface area (TPSA) is 108 Å². The SMILES string of the molecule is CCNC(=NCC(=O)NCc1ccco1)NCC1CC(=O)Nc2ccccc21.I. The molecular formula is C20H26IN5O3. The fourth-order valence-electron chi connectivity index (χ4n) is 3.05. The van der Waals surface area contributed by atoms with Crippen LogP contribution < -0.4 is 21.3 Å². The molecule has 2 aromatic rings. The number of benzene rings is 1. The van der Waals surface area contributed by atoms with E-state index in [0.29, 0.717) is 37.8 Å². The summed E-state index contributed by atoms with van der Waals surface area (Å²) in [4.78, 5) is 28.3. The lowest BCUT2D eigenvalue weighted by Gasteiger charge is -2.26. The monoisotopic (exact) mass is 511 g/mol. The molecule has 1 atom stereocenters. The standard InChI is InChI=1S/C20H25N5O3.HI/c1-2-21-20(24-13-19(27)22-12-15-6-5-9-28-15)23-11-14-10-18(26)25-17-8-4-3-7-16(14)17;/h3-9,14H,2,10-13H2,1H3,(H,22,27)(H,25,26)(H2,21,23,24);1H. The summed E-state index contributed by atoms with van der Waals surface area (Å²) >= 11 is 0. The van der Waals surface area contributed by atoms with Gasteiger partial charge >= 0.3 is 0 Å². The van der Waals surface area contributed by atoms with Crippen molar-refractivity contribution in [2.75, 3.05) is 25.0 Å². The largest absolute Gasteiger partial charge is 0.467 e. The van der Waals surface area contributed by atoms with E-state index in [1.807, 2.05) is 31.2 Å². The van der Waals surface area contributed by atoms with E-state index in [4.69, 9.17) is 4.42 Å². The smallest absolute Gasteiger partial charge is 0.242 e. The van der Waals surface area contributed by atoms with Crippen LogP contribution in [-0.4, -0.2) is 37.4 Å². The number of hydrogen-bond acceptors (Lipinski definition) is 4. The van der Waals surface area contributed by atoms with Crippen LogP contribution in [-0.2, 0) is 16.1 Å². The molecule has 0 saturated heterocycles. The fraction of sp³-hybridized carbons (Fsp3) is 0.350. The third-order valence-corrected chi connectivity index (χ3v) is 4.39. The lowest BCUT2D eigenvalue weighted by atomic mass is 9.90. The van der Waals surface area contributed by atoms with Crippen LogP contribution in [0.1, 0.15) is 30.6 Å². The van der Waals surface area contributed by atoms with Crippen LogP contribution in [0.2, 0.25) is 0 Å². The van der Waals surface area contributed by atoms with Gasteiger partial charge in [-0.1, -0.05) is 18.2 Å². The van der Waals surface area contributed by atoms with E-state index in [0.717, 1.165) is 11.3 Å². The van der Waals surface area contributed by atoms with E-state index in [2.05, 4.69) is 26.3 Å². The Hall–Kier alpha value is -2.56. The molecule has 8 nitrogen and oxygen atoms in total. The number of fused-ring (bicyclic) bond motifs is 1. The minimum atomic E-state index is -0.198. The molecule has 2 amide bonds. The number of furan rings is 1. The van der Waals surface area contributed by atoms with Crippen molar-refractivity contribution in [3.63, 3.8) is 0 Å². The second-order valence-electron chi connectivity index (χ2n) is 6.47. The number of aliphatic imine (C=N–C) groups is 1. The summed E-state index contributed by atoms with van der Waals surface area (Å²) in [6.45, 7) is 3.50. The number of nitrogens with one attached hydrogen (secondary N) is 4. The predicted molar refractivity (Wildman–Crippen MR) is 122 cm³/mol. The Bertz CT molecular complexity index is 838. The summed E-state index contributed by atoms with van der Waals surface area (Å²) < 4.78 is 5.18. The molecule has 0 fully saturated rings. The highest BCUT2D eigenvalue weighted by Gasteiger charge is 2.24. The quantitative estimate of drug-likeness (QED) is 0.259. The highest BCUT2D eigenvalue weighted by Crippen LogP contribution is 2.31. The number of carbonyl (C=O) groups is 2. The number of anilines is 1. The molecule has 4 N–H and O–H groups in total. The van der Waals surface area contributed by atoms with Crippen molar-refractivity contribution in [1.82, 2.24) is 16.0 Å². The summed E-state index contributed by atoms with van der Waals surface area (Å²) in [5, 5.41) is 12.0. The van der Waals surface area contributed by atoms with Crippen LogP contribution in [0.5, 0.6) is 0 Å². The summed E-state index contributed by atoms with van der Waals surface area (Å²) in [6.07, 6.45) is 1.98. The second kappa shape index (κ2) is 11.4. The van der Waals surface area contributed by atoms with Crippen LogP contribution in [0.15, 0.2) is 52.1 Å². The van der Waals surface area contributed by atoms with Gasteiger partial charge in [0.15, 0.2) is 5.96 Å². The van der Waals surface area contributed by atoms with Gasteiger partial charge in [-0.2, -0.15) is 0 Å². The minimum Gasteiger partial charge on any atom is -0.467 e. The molecule has 9 heteroatoms. The van der Waals surface area contributed by atoms with Crippen molar-refractivity contribution in [2.24, 2.45) is 4.99 Å². The van der Waals surface area contributed by atoms with Gasteiger partial charge < -0.3 is 25.7 Å². The van der Waals surface area contributed by atoms with Gasteiger partial charge in [-0.3, -0.25) is 9.59 Å². The average Bonchev–Trinajstić information content (AvgIpc) is 3.21. The molecule has 3 rings (SSSR count). The Labute approximate surface area is 186 Å². The first-order valence-electron chi connectivity index (χ1n) is 9.35. The van der Waals surface area contributed by atoms with E-state index in [1.165, 1.54) is 0 Å². The van der Waals surface area contributed by atoms with Gasteiger partial charge in [0.2, 0.25) is 11.8 Å². The van der Waals surface area contributed by atoms with E-state index < -0.39 is 0 Å². The zero-order valence-corrected chi connectivity index (χ0v) is 18.6. The predicted octanol–water partition coefficient (Wildman–Crippen LogP) is 2.19. The molecule has 1 aliphatic heterocycles. The van der Waals surface area contributed by atoms with Gasteiger partial charge in [0.05, 0.1) is 12.8 Å². The van der Waals surface area contributed by atoms with Gasteiger partial charge in [-0.15, -0.1) is 24.0 Å².